The van der Waals surface area contributed by atoms with Crippen LogP contribution in [0, 0.1) is 0 Å². The van der Waals surface area contributed by atoms with E-state index in [2.05, 4.69) is 27.0 Å². The molecule has 0 aromatic heterocycles. The highest BCUT2D eigenvalue weighted by Gasteiger charge is 2.30. The van der Waals surface area contributed by atoms with Crippen molar-refractivity contribution < 1.29 is 27.6 Å². The maximum Gasteiger partial charge on any atom is 0.416 e. The smallest absolute Gasteiger partial charge is 0.399 e. The monoisotopic (exact) mass is 449 g/mol. The van der Waals surface area contributed by atoms with Crippen molar-refractivity contribution in [1.82, 2.24) is 5.32 Å². The van der Waals surface area contributed by atoms with Crippen molar-refractivity contribution in [3.05, 3.63) is 76.9 Å². The van der Waals surface area contributed by atoms with E-state index in [1.165, 1.54) is 19.2 Å². The van der Waals surface area contributed by atoms with Crippen LogP contribution in [0.25, 0.3) is 6.08 Å². The van der Waals surface area contributed by atoms with Crippen LogP contribution in [-0.2, 0) is 27.3 Å². The minimum absolute atomic E-state index is 0.0512. The fourth-order valence-corrected chi connectivity index (χ4v) is 2.60. The summed E-state index contributed by atoms with van der Waals surface area (Å²) in [6.45, 7) is 5.22. The third-order valence-corrected chi connectivity index (χ3v) is 4.03. The molecule has 0 radical (unpaired) electrons. The number of nitrogens with zero attached hydrogens (tertiary/aromatic N) is 2. The Labute approximate surface area is 185 Å². The molecule has 9 heteroatoms. The first kappa shape index (κ1) is 26.6. The number of nitrogens with one attached hydrogen (secondary N) is 1. The first-order chi connectivity index (χ1) is 15.2. The number of benzene rings is 2. The number of aldehydes is 1. The van der Waals surface area contributed by atoms with E-state index in [1.807, 2.05) is 14.1 Å². The van der Waals surface area contributed by atoms with Crippen molar-refractivity contribution in [2.24, 2.45) is 10.3 Å². The van der Waals surface area contributed by atoms with Gasteiger partial charge in [0.2, 0.25) is 0 Å². The number of hydrogen-bond acceptors (Lipinski definition) is 6. The van der Waals surface area contributed by atoms with Crippen molar-refractivity contribution in [1.29, 1.82) is 0 Å². The molecule has 0 amide bonds. The van der Waals surface area contributed by atoms with Gasteiger partial charge in [-0.3, -0.25) is 4.79 Å². The van der Waals surface area contributed by atoms with Gasteiger partial charge in [0.1, 0.15) is 19.4 Å². The predicted molar refractivity (Wildman–Crippen MR) is 120 cm³/mol. The summed E-state index contributed by atoms with van der Waals surface area (Å²) in [5.41, 5.74) is 1.61. The molecular weight excluding hydrogens is 423 g/mol. The molecule has 0 unspecified atom stereocenters. The van der Waals surface area contributed by atoms with Crippen LogP contribution in [-0.4, -0.2) is 38.9 Å². The summed E-state index contributed by atoms with van der Waals surface area (Å²) in [4.78, 5) is 21.4. The van der Waals surface area contributed by atoms with E-state index < -0.39 is 11.7 Å². The number of carbonyl (C=O) groups excluding carboxylic acids is 1. The average molecular weight is 449 g/mol. The van der Waals surface area contributed by atoms with Gasteiger partial charge in [-0.2, -0.15) is 13.2 Å². The molecule has 0 heterocycles. The summed E-state index contributed by atoms with van der Waals surface area (Å²) in [6, 6.07) is 9.97. The Morgan fingerprint density at radius 3 is 2.38 bits per heavy atom. The molecule has 0 spiro atoms. The number of alkyl halides is 3. The number of oxime groups is 2. The third kappa shape index (κ3) is 7.66. The molecule has 0 aliphatic rings. The molecular formula is C23H26F3N3O3. The van der Waals surface area contributed by atoms with E-state index >= 15 is 0 Å². The molecule has 6 nitrogen and oxygen atoms in total. The third-order valence-electron chi connectivity index (χ3n) is 4.03. The van der Waals surface area contributed by atoms with Crippen molar-refractivity contribution in [3.63, 3.8) is 0 Å². The summed E-state index contributed by atoms with van der Waals surface area (Å²) >= 11 is 0. The maximum absolute atomic E-state index is 12.9. The second kappa shape index (κ2) is 13.1. The molecule has 0 saturated carbocycles. The molecule has 0 saturated heterocycles. The highest BCUT2D eigenvalue weighted by atomic mass is 19.4. The summed E-state index contributed by atoms with van der Waals surface area (Å²) < 4.78 is 38.6. The van der Waals surface area contributed by atoms with Gasteiger partial charge in [0.15, 0.2) is 6.29 Å². The zero-order valence-electron chi connectivity index (χ0n) is 18.4. The van der Waals surface area contributed by atoms with E-state index in [9.17, 15) is 18.0 Å². The zero-order chi connectivity index (χ0) is 24.1. The Bertz CT molecular complexity index is 970. The molecule has 1 N–H and O–H groups in total. The molecule has 2 aromatic rings. The van der Waals surface area contributed by atoms with E-state index in [0.29, 0.717) is 23.0 Å². The lowest BCUT2D eigenvalue weighted by Crippen LogP contribution is -2.10. The van der Waals surface area contributed by atoms with E-state index in [-0.39, 0.29) is 23.6 Å². The zero-order valence-corrected chi connectivity index (χ0v) is 18.4. The number of hydrogen-bond donors (Lipinski definition) is 1. The van der Waals surface area contributed by atoms with Gasteiger partial charge in [0.05, 0.1) is 11.3 Å². The summed E-state index contributed by atoms with van der Waals surface area (Å²) in [6.07, 6.45) is -2.31. The van der Waals surface area contributed by atoms with Crippen LogP contribution < -0.4 is 5.32 Å². The predicted octanol–water partition coefficient (Wildman–Crippen LogP) is 4.67. The summed E-state index contributed by atoms with van der Waals surface area (Å²) in [5.74, 6) is 0. The molecule has 172 valence electrons. The minimum atomic E-state index is -4.44. The largest absolute Gasteiger partial charge is 0.416 e. The fraction of sp³-hybridized carbons (Fsp3) is 0.261. The molecule has 2 rings (SSSR count). The highest BCUT2D eigenvalue weighted by Crippen LogP contribution is 2.29. The summed E-state index contributed by atoms with van der Waals surface area (Å²) in [7, 11) is 5.07. The minimum Gasteiger partial charge on any atom is -0.399 e. The second-order valence-corrected chi connectivity index (χ2v) is 6.38. The lowest BCUT2D eigenvalue weighted by atomic mass is 9.98. The normalized spacial score (nSPS) is 11.8. The Morgan fingerprint density at radius 2 is 1.81 bits per heavy atom. The van der Waals surface area contributed by atoms with Gasteiger partial charge in [0, 0.05) is 11.1 Å². The number of rotatable bonds is 8. The van der Waals surface area contributed by atoms with Crippen molar-refractivity contribution >= 4 is 23.8 Å². The molecule has 0 atom stereocenters. The van der Waals surface area contributed by atoms with Crippen molar-refractivity contribution in [3.8, 4) is 0 Å². The van der Waals surface area contributed by atoms with Gasteiger partial charge < -0.3 is 15.0 Å². The van der Waals surface area contributed by atoms with Crippen LogP contribution in [0.1, 0.15) is 34.7 Å². The van der Waals surface area contributed by atoms with Crippen LogP contribution >= 0.6 is 0 Å². The second-order valence-electron chi connectivity index (χ2n) is 6.38. The topological polar surface area (TPSA) is 72.3 Å². The first-order valence-electron chi connectivity index (χ1n) is 9.47. The Hall–Kier alpha value is -3.46. The number of halogens is 3. The average Bonchev–Trinajstić information content (AvgIpc) is 2.77. The van der Waals surface area contributed by atoms with E-state index in [4.69, 9.17) is 4.84 Å². The Morgan fingerprint density at radius 1 is 1.16 bits per heavy atom. The van der Waals surface area contributed by atoms with Gasteiger partial charge >= 0.3 is 6.18 Å². The first-order valence-corrected chi connectivity index (χ1v) is 9.47. The van der Waals surface area contributed by atoms with Gasteiger partial charge in [-0.15, -0.1) is 0 Å². The molecule has 0 bridgehead atoms. The lowest BCUT2D eigenvalue weighted by Gasteiger charge is -2.12. The van der Waals surface area contributed by atoms with E-state index in [0.717, 1.165) is 12.1 Å². The quantitative estimate of drug-likeness (QED) is 0.361. The molecule has 0 fully saturated rings. The van der Waals surface area contributed by atoms with Crippen LogP contribution in [0.4, 0.5) is 13.2 Å². The Balaban J connectivity index is 0.00000161. The lowest BCUT2D eigenvalue weighted by molar-refractivity contribution is -0.137. The van der Waals surface area contributed by atoms with Crippen molar-refractivity contribution in [2.75, 3.05) is 21.2 Å². The van der Waals surface area contributed by atoms with Gasteiger partial charge in [0.25, 0.3) is 0 Å². The van der Waals surface area contributed by atoms with Crippen LogP contribution in [0.15, 0.2) is 59.4 Å². The fourth-order valence-electron chi connectivity index (χ4n) is 2.60. The molecule has 0 aliphatic carbocycles. The molecule has 2 aromatic carbocycles. The molecule has 0 aliphatic heterocycles. The van der Waals surface area contributed by atoms with Crippen LogP contribution in [0.3, 0.4) is 0 Å². The highest BCUT2D eigenvalue weighted by molar-refractivity contribution is 6.36. The van der Waals surface area contributed by atoms with Crippen LogP contribution in [0.5, 0.6) is 0 Å². The number of carbonyl (C=O) groups is 1. The van der Waals surface area contributed by atoms with E-state index in [1.54, 1.807) is 31.2 Å². The van der Waals surface area contributed by atoms with Gasteiger partial charge in [-0.05, 0) is 44.3 Å². The summed E-state index contributed by atoms with van der Waals surface area (Å²) in [5, 5.41) is 10.4. The maximum atomic E-state index is 12.9. The van der Waals surface area contributed by atoms with Crippen molar-refractivity contribution in [2.45, 2.75) is 19.7 Å². The van der Waals surface area contributed by atoms with Gasteiger partial charge in [-0.25, -0.2) is 0 Å². The van der Waals surface area contributed by atoms with Crippen LogP contribution in [0.2, 0.25) is 0 Å². The Kier molecular flexibility index (Phi) is 10.8. The molecule has 32 heavy (non-hydrogen) atoms. The van der Waals surface area contributed by atoms with Gasteiger partial charge in [-0.1, -0.05) is 53.3 Å². The SMILES string of the molecule is C=Cc1cccc(/C(C=O)=N\OC)c1CO/N=C(\C)c1cccc(C(F)(F)F)c1.CNC. The standard InChI is InChI=1S/C21H19F3N2O3.C2H7N/c1-4-15-7-6-10-18(20(12-27)26-28-3)19(15)13-29-25-14(2)16-8-5-9-17(11-16)21(22,23)24;1-3-2/h4-12H,1,13H2,2-3H3;3H,1-2H3/b25-14+,26-20-;.